The van der Waals surface area contributed by atoms with Gasteiger partial charge in [-0.05, 0) is 63.5 Å². The molecule has 1 unspecified atom stereocenters. The summed E-state index contributed by atoms with van der Waals surface area (Å²) in [6, 6.07) is 0.605. The first kappa shape index (κ1) is 22.4. The van der Waals surface area contributed by atoms with Gasteiger partial charge >= 0.3 is 0 Å². The molecule has 27 heavy (non-hydrogen) atoms. The Balaban J connectivity index is 1.57. The summed E-state index contributed by atoms with van der Waals surface area (Å²) in [6.45, 7) is 12.5. The molecule has 0 aliphatic carbocycles. The van der Waals surface area contributed by atoms with Gasteiger partial charge in [-0.2, -0.15) is 0 Å². The summed E-state index contributed by atoms with van der Waals surface area (Å²) in [5, 5.41) is 6.96. The average molecular weight is 383 g/mol. The lowest BCUT2D eigenvalue weighted by atomic mass is 10.0. The molecule has 6 heteroatoms. The molecule has 2 fully saturated rings. The van der Waals surface area contributed by atoms with E-state index in [1.165, 1.54) is 32.4 Å². The summed E-state index contributed by atoms with van der Waals surface area (Å²) in [4.78, 5) is 7.02. The van der Waals surface area contributed by atoms with Crippen molar-refractivity contribution in [3.8, 4) is 0 Å². The second-order valence-corrected chi connectivity index (χ2v) is 8.39. The molecule has 0 aromatic rings. The molecule has 0 saturated carbocycles. The maximum atomic E-state index is 5.84. The monoisotopic (exact) mass is 382 g/mol. The minimum Gasteiger partial charge on any atom is -0.381 e. The largest absolute Gasteiger partial charge is 0.381 e. The molecule has 0 radical (unpaired) electrons. The van der Waals surface area contributed by atoms with Crippen molar-refractivity contribution >= 4 is 5.96 Å². The van der Waals surface area contributed by atoms with Gasteiger partial charge in [0.05, 0.1) is 0 Å². The lowest BCUT2D eigenvalue weighted by Crippen LogP contribution is -2.47. The normalized spacial score (nSPS) is 21.0. The molecule has 2 N–H and O–H groups in total. The summed E-state index contributed by atoms with van der Waals surface area (Å²) in [6.07, 6.45) is 7.22. The number of hydrogen-bond acceptors (Lipinski definition) is 4. The zero-order valence-electron chi connectivity index (χ0n) is 17.8. The maximum absolute atomic E-state index is 5.84. The summed E-state index contributed by atoms with van der Waals surface area (Å²) in [5.41, 5.74) is 0. The molecule has 0 aromatic heterocycles. The predicted molar refractivity (Wildman–Crippen MR) is 112 cm³/mol. The molecular weight excluding hydrogens is 340 g/mol. The van der Waals surface area contributed by atoms with Crippen LogP contribution in [-0.4, -0.2) is 76.6 Å². The van der Waals surface area contributed by atoms with Gasteiger partial charge in [-0.15, -0.1) is 0 Å². The number of ether oxygens (including phenoxy) is 2. The van der Waals surface area contributed by atoms with Crippen LogP contribution in [0.5, 0.6) is 0 Å². The van der Waals surface area contributed by atoms with E-state index in [9.17, 15) is 0 Å². The van der Waals surface area contributed by atoms with Gasteiger partial charge in [0.1, 0.15) is 0 Å². The second kappa shape index (κ2) is 13.3. The van der Waals surface area contributed by atoms with Crippen LogP contribution in [0, 0.1) is 11.8 Å². The number of likely N-dealkylation sites (tertiary alicyclic amines) is 1. The van der Waals surface area contributed by atoms with Gasteiger partial charge < -0.3 is 20.1 Å². The Morgan fingerprint density at radius 3 is 2.59 bits per heavy atom. The maximum Gasteiger partial charge on any atom is 0.191 e. The Hall–Kier alpha value is -0.850. The van der Waals surface area contributed by atoms with E-state index in [0.717, 1.165) is 70.7 Å². The first-order chi connectivity index (χ1) is 13.2. The quantitative estimate of drug-likeness (QED) is 0.327. The number of rotatable bonds is 11. The van der Waals surface area contributed by atoms with Gasteiger partial charge in [0.15, 0.2) is 5.96 Å². The van der Waals surface area contributed by atoms with E-state index in [0.29, 0.717) is 12.0 Å². The minimum atomic E-state index is 0.605. The highest BCUT2D eigenvalue weighted by atomic mass is 16.5. The number of nitrogens with zero attached hydrogens (tertiary/aromatic N) is 2. The molecule has 1 atom stereocenters. The highest BCUT2D eigenvalue weighted by molar-refractivity contribution is 5.79. The third kappa shape index (κ3) is 9.26. The zero-order chi connectivity index (χ0) is 19.3. The van der Waals surface area contributed by atoms with Crippen LogP contribution in [0.15, 0.2) is 4.99 Å². The van der Waals surface area contributed by atoms with Gasteiger partial charge in [0.25, 0.3) is 0 Å². The van der Waals surface area contributed by atoms with E-state index in [2.05, 4.69) is 34.4 Å². The third-order valence-electron chi connectivity index (χ3n) is 5.58. The van der Waals surface area contributed by atoms with Gasteiger partial charge in [-0.3, -0.25) is 9.89 Å². The fourth-order valence-corrected chi connectivity index (χ4v) is 3.99. The Morgan fingerprint density at radius 2 is 1.93 bits per heavy atom. The molecule has 0 bridgehead atoms. The molecule has 0 amide bonds. The van der Waals surface area contributed by atoms with E-state index < -0.39 is 0 Å². The number of aliphatic imine (C=N–C) groups is 1. The fraction of sp³-hybridized carbons (Fsp3) is 0.952. The molecular formula is C21H42N4O2. The molecule has 2 aliphatic rings. The predicted octanol–water partition coefficient (Wildman–Crippen LogP) is 2.50. The molecule has 2 heterocycles. The molecule has 6 nitrogen and oxygen atoms in total. The van der Waals surface area contributed by atoms with E-state index >= 15 is 0 Å². The van der Waals surface area contributed by atoms with Crippen molar-refractivity contribution in [1.29, 1.82) is 0 Å². The Kier molecular flexibility index (Phi) is 11.1. The van der Waals surface area contributed by atoms with Crippen molar-refractivity contribution in [2.45, 2.75) is 58.4 Å². The van der Waals surface area contributed by atoms with Crippen LogP contribution in [0.1, 0.15) is 52.4 Å². The Morgan fingerprint density at radius 1 is 1.19 bits per heavy atom. The first-order valence-electron chi connectivity index (χ1n) is 11.0. The SMILES string of the molecule is CN=C(NCCCOCC1CCOCC1)NCC(CC(C)C)N1CCCC1. The van der Waals surface area contributed by atoms with E-state index in [1.807, 2.05) is 7.05 Å². The van der Waals surface area contributed by atoms with E-state index in [1.54, 1.807) is 0 Å². The highest BCUT2D eigenvalue weighted by Crippen LogP contribution is 2.17. The minimum absolute atomic E-state index is 0.605. The van der Waals surface area contributed by atoms with Crippen molar-refractivity contribution in [2.75, 3.05) is 59.7 Å². The van der Waals surface area contributed by atoms with Gasteiger partial charge in [-0.25, -0.2) is 0 Å². The van der Waals surface area contributed by atoms with E-state index in [4.69, 9.17) is 9.47 Å². The smallest absolute Gasteiger partial charge is 0.191 e. The first-order valence-corrected chi connectivity index (χ1v) is 11.0. The lowest BCUT2D eigenvalue weighted by Gasteiger charge is -2.29. The molecule has 2 aliphatic heterocycles. The van der Waals surface area contributed by atoms with Crippen LogP contribution in [0.2, 0.25) is 0 Å². The standard InChI is InChI=1S/C21H42N4O2/c1-18(2)15-20(25-10-4-5-11-25)16-24-21(22-3)23-9-6-12-27-17-19-7-13-26-14-8-19/h18-20H,4-17H2,1-3H3,(H2,22,23,24). The summed E-state index contributed by atoms with van der Waals surface area (Å²) in [5.74, 6) is 2.32. The number of nitrogens with one attached hydrogen (secondary N) is 2. The van der Waals surface area contributed by atoms with Crippen LogP contribution < -0.4 is 10.6 Å². The molecule has 0 spiro atoms. The lowest BCUT2D eigenvalue weighted by molar-refractivity contribution is 0.0203. The van der Waals surface area contributed by atoms with Crippen LogP contribution in [0.25, 0.3) is 0 Å². The highest BCUT2D eigenvalue weighted by Gasteiger charge is 2.22. The van der Waals surface area contributed by atoms with Crippen molar-refractivity contribution < 1.29 is 9.47 Å². The zero-order valence-corrected chi connectivity index (χ0v) is 17.8. The van der Waals surface area contributed by atoms with Gasteiger partial charge in [0, 0.05) is 52.6 Å². The van der Waals surface area contributed by atoms with Crippen LogP contribution in [0.3, 0.4) is 0 Å². The van der Waals surface area contributed by atoms with Crippen molar-refractivity contribution in [1.82, 2.24) is 15.5 Å². The summed E-state index contributed by atoms with van der Waals surface area (Å²) < 4.78 is 11.2. The Labute approximate surface area is 166 Å². The molecule has 2 saturated heterocycles. The van der Waals surface area contributed by atoms with Crippen molar-refractivity contribution in [3.05, 3.63) is 0 Å². The second-order valence-electron chi connectivity index (χ2n) is 8.39. The Bertz CT molecular complexity index is 405. The number of guanidine groups is 1. The van der Waals surface area contributed by atoms with Crippen LogP contribution >= 0.6 is 0 Å². The topological polar surface area (TPSA) is 58.1 Å². The molecule has 158 valence electrons. The van der Waals surface area contributed by atoms with Crippen LogP contribution in [0.4, 0.5) is 0 Å². The fourth-order valence-electron chi connectivity index (χ4n) is 3.99. The van der Waals surface area contributed by atoms with E-state index in [-0.39, 0.29) is 0 Å². The van der Waals surface area contributed by atoms with Gasteiger partial charge in [-0.1, -0.05) is 13.8 Å². The number of hydrogen-bond donors (Lipinski definition) is 2. The van der Waals surface area contributed by atoms with Crippen LogP contribution in [-0.2, 0) is 9.47 Å². The molecule has 2 rings (SSSR count). The molecule has 0 aromatic carbocycles. The summed E-state index contributed by atoms with van der Waals surface area (Å²) >= 11 is 0. The van der Waals surface area contributed by atoms with Gasteiger partial charge in [0.2, 0.25) is 0 Å². The summed E-state index contributed by atoms with van der Waals surface area (Å²) in [7, 11) is 1.85. The van der Waals surface area contributed by atoms with Crippen molar-refractivity contribution in [2.24, 2.45) is 16.8 Å². The van der Waals surface area contributed by atoms with Crippen molar-refractivity contribution in [3.63, 3.8) is 0 Å². The average Bonchev–Trinajstić information content (AvgIpc) is 3.21. The third-order valence-corrected chi connectivity index (χ3v) is 5.58.